The zero-order chi connectivity index (χ0) is 16.7. The zero-order valence-corrected chi connectivity index (χ0v) is 13.4. The van der Waals surface area contributed by atoms with Crippen LogP contribution < -0.4 is 14.8 Å². The molecule has 0 fully saturated rings. The molecule has 0 aliphatic carbocycles. The number of aliphatic hydroxyl groups excluding tert-OH is 1. The summed E-state index contributed by atoms with van der Waals surface area (Å²) in [6.07, 6.45) is -0.379. The van der Waals surface area contributed by atoms with E-state index < -0.39 is 0 Å². The summed E-state index contributed by atoms with van der Waals surface area (Å²) in [6.45, 7) is 3.25. The second-order valence-corrected chi connectivity index (χ2v) is 5.38. The summed E-state index contributed by atoms with van der Waals surface area (Å²) in [4.78, 5) is 0. The third-order valence-electron chi connectivity index (χ3n) is 3.30. The van der Waals surface area contributed by atoms with Gasteiger partial charge in [0.25, 0.3) is 0 Å². The fraction of sp³-hybridized carbons (Fsp3) is 0.333. The van der Waals surface area contributed by atoms with Crippen molar-refractivity contribution in [3.63, 3.8) is 0 Å². The Hall–Kier alpha value is -2.11. The number of ether oxygens (including phenoxy) is 2. The van der Waals surface area contributed by atoms with Crippen LogP contribution in [-0.2, 0) is 13.2 Å². The van der Waals surface area contributed by atoms with E-state index in [0.717, 1.165) is 11.1 Å². The highest BCUT2D eigenvalue weighted by molar-refractivity contribution is 5.43. The Bertz CT molecular complexity index is 614. The summed E-state index contributed by atoms with van der Waals surface area (Å²) in [5.41, 5.74) is 1.92. The smallest absolute Gasteiger partial charge is 0.161 e. The van der Waals surface area contributed by atoms with Crippen LogP contribution in [0.1, 0.15) is 18.1 Å². The molecule has 1 atom stereocenters. The van der Waals surface area contributed by atoms with Crippen LogP contribution in [0.15, 0.2) is 42.5 Å². The fourth-order valence-corrected chi connectivity index (χ4v) is 2.11. The van der Waals surface area contributed by atoms with Crippen LogP contribution in [0.4, 0.5) is 4.39 Å². The third kappa shape index (κ3) is 5.54. The summed E-state index contributed by atoms with van der Waals surface area (Å²) in [7, 11) is 1.59. The van der Waals surface area contributed by atoms with Gasteiger partial charge in [-0.25, -0.2) is 4.39 Å². The first-order valence-corrected chi connectivity index (χ1v) is 7.51. The summed E-state index contributed by atoms with van der Waals surface area (Å²) in [5, 5.41) is 12.4. The summed E-state index contributed by atoms with van der Waals surface area (Å²) >= 11 is 0. The Morgan fingerprint density at radius 3 is 2.43 bits per heavy atom. The molecule has 23 heavy (non-hydrogen) atoms. The minimum absolute atomic E-state index is 0.264. The number of benzene rings is 2. The first-order chi connectivity index (χ1) is 11.1. The van der Waals surface area contributed by atoms with Crippen LogP contribution in [0.2, 0.25) is 0 Å². The molecule has 2 aromatic carbocycles. The van der Waals surface area contributed by atoms with Gasteiger partial charge in [-0.05, 0) is 42.3 Å². The van der Waals surface area contributed by atoms with Crippen molar-refractivity contribution in [2.75, 3.05) is 13.7 Å². The highest BCUT2D eigenvalue weighted by Gasteiger charge is 2.07. The van der Waals surface area contributed by atoms with E-state index in [1.165, 1.54) is 12.1 Å². The van der Waals surface area contributed by atoms with Crippen molar-refractivity contribution in [2.24, 2.45) is 0 Å². The number of hydrogen-bond acceptors (Lipinski definition) is 4. The number of nitrogens with one attached hydrogen (secondary N) is 1. The van der Waals surface area contributed by atoms with Gasteiger partial charge in [-0.3, -0.25) is 0 Å². The van der Waals surface area contributed by atoms with Crippen molar-refractivity contribution < 1.29 is 19.0 Å². The minimum Gasteiger partial charge on any atom is -0.493 e. The van der Waals surface area contributed by atoms with Gasteiger partial charge in [0, 0.05) is 13.1 Å². The number of methoxy groups -OCH3 is 1. The van der Waals surface area contributed by atoms with Gasteiger partial charge in [0.2, 0.25) is 0 Å². The molecule has 5 heteroatoms. The van der Waals surface area contributed by atoms with Crippen LogP contribution in [0, 0.1) is 5.82 Å². The van der Waals surface area contributed by atoms with Crippen molar-refractivity contribution in [1.82, 2.24) is 5.32 Å². The van der Waals surface area contributed by atoms with E-state index in [4.69, 9.17) is 9.47 Å². The minimum atomic E-state index is -0.379. The summed E-state index contributed by atoms with van der Waals surface area (Å²) in [5.74, 6) is 1.01. The highest BCUT2D eigenvalue weighted by Crippen LogP contribution is 2.28. The van der Waals surface area contributed by atoms with Gasteiger partial charge in [-0.15, -0.1) is 0 Å². The van der Waals surface area contributed by atoms with Gasteiger partial charge in [-0.1, -0.05) is 18.2 Å². The Balaban J connectivity index is 1.97. The molecule has 4 nitrogen and oxygen atoms in total. The van der Waals surface area contributed by atoms with Crippen molar-refractivity contribution in [3.8, 4) is 11.5 Å². The SMILES string of the molecule is COc1cc(CNC[C@@H](C)O)ccc1OCc1ccc(F)cc1. The molecule has 124 valence electrons. The van der Waals surface area contributed by atoms with Gasteiger partial charge in [0.05, 0.1) is 13.2 Å². The monoisotopic (exact) mass is 319 g/mol. The predicted molar refractivity (Wildman–Crippen MR) is 87.1 cm³/mol. The molecule has 0 bridgehead atoms. The van der Waals surface area contributed by atoms with Crippen LogP contribution in [0.3, 0.4) is 0 Å². The molecule has 0 amide bonds. The van der Waals surface area contributed by atoms with Gasteiger partial charge in [0.15, 0.2) is 11.5 Å². The van der Waals surface area contributed by atoms with Gasteiger partial charge < -0.3 is 19.9 Å². The standard InChI is InChI=1S/C18H22FNO3/c1-13(21)10-20-11-15-5-8-17(18(9-15)22-2)23-12-14-3-6-16(19)7-4-14/h3-9,13,20-21H,10-12H2,1-2H3/t13-/m1/s1. The summed E-state index contributed by atoms with van der Waals surface area (Å²) < 4.78 is 24.0. The van der Waals surface area contributed by atoms with Crippen molar-refractivity contribution >= 4 is 0 Å². The maximum absolute atomic E-state index is 12.9. The molecule has 0 saturated heterocycles. The first kappa shape index (κ1) is 17.2. The van der Waals surface area contributed by atoms with E-state index in [0.29, 0.717) is 31.2 Å². The molecule has 0 aliphatic heterocycles. The molecule has 2 aromatic rings. The molecule has 0 aliphatic rings. The lowest BCUT2D eigenvalue weighted by atomic mass is 10.2. The predicted octanol–water partition coefficient (Wildman–Crippen LogP) is 2.88. The number of halogens is 1. The Morgan fingerprint density at radius 1 is 1.09 bits per heavy atom. The molecule has 0 unspecified atom stereocenters. The number of rotatable bonds is 8. The van der Waals surface area contributed by atoms with Gasteiger partial charge in [0.1, 0.15) is 12.4 Å². The molecule has 2 N–H and O–H groups in total. The molecular weight excluding hydrogens is 297 g/mol. The lowest BCUT2D eigenvalue weighted by molar-refractivity contribution is 0.191. The quantitative estimate of drug-likeness (QED) is 0.785. The molecule has 0 saturated carbocycles. The Kier molecular flexibility index (Phi) is 6.38. The average molecular weight is 319 g/mol. The summed E-state index contributed by atoms with van der Waals surface area (Å²) in [6, 6.07) is 11.9. The Labute approximate surface area is 135 Å². The van der Waals surface area contributed by atoms with E-state index >= 15 is 0 Å². The van der Waals surface area contributed by atoms with E-state index in [2.05, 4.69) is 5.32 Å². The molecule has 0 aromatic heterocycles. The van der Waals surface area contributed by atoms with Crippen molar-refractivity contribution in [1.29, 1.82) is 0 Å². The normalized spacial score (nSPS) is 12.0. The van der Waals surface area contributed by atoms with Crippen LogP contribution in [-0.4, -0.2) is 24.9 Å². The van der Waals surface area contributed by atoms with Crippen LogP contribution >= 0.6 is 0 Å². The third-order valence-corrected chi connectivity index (χ3v) is 3.30. The fourth-order valence-electron chi connectivity index (χ4n) is 2.11. The van der Waals surface area contributed by atoms with E-state index in [-0.39, 0.29) is 11.9 Å². The molecule has 0 spiro atoms. The first-order valence-electron chi connectivity index (χ1n) is 7.51. The van der Waals surface area contributed by atoms with E-state index in [1.54, 1.807) is 26.2 Å². The topological polar surface area (TPSA) is 50.7 Å². The molecule has 0 heterocycles. The van der Waals surface area contributed by atoms with Crippen molar-refractivity contribution in [3.05, 3.63) is 59.4 Å². The average Bonchev–Trinajstić information content (AvgIpc) is 2.54. The van der Waals surface area contributed by atoms with E-state index in [1.807, 2.05) is 18.2 Å². The second kappa shape index (κ2) is 8.50. The molecule has 0 radical (unpaired) electrons. The molecular formula is C18H22FNO3. The molecule has 2 rings (SSSR count). The van der Waals surface area contributed by atoms with Crippen LogP contribution in [0.25, 0.3) is 0 Å². The second-order valence-electron chi connectivity index (χ2n) is 5.38. The number of hydrogen-bond donors (Lipinski definition) is 2. The lowest BCUT2D eigenvalue weighted by Gasteiger charge is -2.13. The van der Waals surface area contributed by atoms with Gasteiger partial charge in [-0.2, -0.15) is 0 Å². The maximum Gasteiger partial charge on any atom is 0.161 e. The highest BCUT2D eigenvalue weighted by atomic mass is 19.1. The van der Waals surface area contributed by atoms with Gasteiger partial charge >= 0.3 is 0 Å². The van der Waals surface area contributed by atoms with E-state index in [9.17, 15) is 9.50 Å². The lowest BCUT2D eigenvalue weighted by Crippen LogP contribution is -2.23. The van der Waals surface area contributed by atoms with Crippen LogP contribution in [0.5, 0.6) is 11.5 Å². The number of aliphatic hydroxyl groups is 1. The van der Waals surface area contributed by atoms with Crippen molar-refractivity contribution in [2.45, 2.75) is 26.2 Å². The maximum atomic E-state index is 12.9. The zero-order valence-electron chi connectivity index (χ0n) is 13.4. The Morgan fingerprint density at radius 2 is 1.78 bits per heavy atom. The largest absolute Gasteiger partial charge is 0.493 e.